The highest BCUT2D eigenvalue weighted by Gasteiger charge is 2.09. The molecule has 0 radical (unpaired) electrons. The molecular weight excluding hydrogens is 416 g/mol. The summed E-state index contributed by atoms with van der Waals surface area (Å²) in [5.41, 5.74) is 3.58. The highest BCUT2D eigenvalue weighted by molar-refractivity contribution is 7.98. The molecule has 0 atom stereocenters. The lowest BCUT2D eigenvalue weighted by molar-refractivity contribution is 0.256. The number of benzene rings is 3. The number of anilines is 2. The minimum absolute atomic E-state index is 0.349. The molecule has 0 saturated carbocycles. The van der Waals surface area contributed by atoms with E-state index in [0.717, 1.165) is 28.0 Å². The molecule has 6 nitrogen and oxygen atoms in total. The molecule has 4 amide bonds. The van der Waals surface area contributed by atoms with Crippen molar-refractivity contribution in [2.24, 2.45) is 0 Å². The topological polar surface area (TPSA) is 82.3 Å². The molecule has 0 aliphatic heterocycles. The highest BCUT2D eigenvalue weighted by Crippen LogP contribution is 2.25. The Hall–Kier alpha value is -3.10. The molecule has 3 rings (SSSR count). The maximum absolute atomic E-state index is 12.3. The number of hydrogen-bond donors (Lipinski definition) is 4. The molecule has 0 saturated heterocycles. The largest absolute Gasteiger partial charge is 0.329 e. The van der Waals surface area contributed by atoms with Crippen molar-refractivity contribution in [3.05, 3.63) is 83.9 Å². The maximum Gasteiger partial charge on any atom is 0.329 e. The number of carbonyl (C=O) groups is 2. The van der Waals surface area contributed by atoms with Crippen LogP contribution in [0.1, 0.15) is 11.1 Å². The number of urea groups is 2. The van der Waals surface area contributed by atoms with Crippen molar-refractivity contribution in [3.8, 4) is 0 Å². The smallest absolute Gasteiger partial charge is 0.307 e. The molecule has 0 aliphatic rings. The summed E-state index contributed by atoms with van der Waals surface area (Å²) in [5, 5.41) is 5.58. The Labute approximate surface area is 184 Å². The molecule has 3 aromatic rings. The zero-order chi connectivity index (χ0) is 21.3. The van der Waals surface area contributed by atoms with Gasteiger partial charge in [-0.05, 0) is 74.1 Å². The van der Waals surface area contributed by atoms with Crippen LogP contribution in [0.3, 0.4) is 0 Å². The summed E-state index contributed by atoms with van der Waals surface area (Å²) >= 11 is 2.36. The molecular formula is C22H22N4O2S2. The third-order valence-electron chi connectivity index (χ3n) is 3.98. The van der Waals surface area contributed by atoms with Gasteiger partial charge in [-0.25, -0.2) is 9.59 Å². The van der Waals surface area contributed by atoms with Crippen LogP contribution in [0, 0.1) is 13.8 Å². The van der Waals surface area contributed by atoms with Crippen molar-refractivity contribution in [1.29, 1.82) is 0 Å². The van der Waals surface area contributed by atoms with Crippen LogP contribution in [0.25, 0.3) is 0 Å². The lowest BCUT2D eigenvalue weighted by Crippen LogP contribution is -2.24. The monoisotopic (exact) mass is 438 g/mol. The third kappa shape index (κ3) is 6.75. The standard InChI is InChI=1S/C22H22N4O2S2/c1-15-7-11-17(12-8-15)23-21(27)26-30-20-6-4-3-5-19(20)24-22(28)25-29-18-13-9-16(2)10-14-18/h3-14H,1-2H3,(H2,23,26,27)(H2,24,25,28). The fraction of sp³-hybridized carbons (Fsp3) is 0.0909. The number of rotatable bonds is 6. The van der Waals surface area contributed by atoms with Crippen molar-refractivity contribution in [1.82, 2.24) is 9.44 Å². The van der Waals surface area contributed by atoms with Crippen molar-refractivity contribution in [3.63, 3.8) is 0 Å². The average molecular weight is 439 g/mol. The van der Waals surface area contributed by atoms with Gasteiger partial charge in [-0.15, -0.1) is 0 Å². The van der Waals surface area contributed by atoms with Gasteiger partial charge in [0.1, 0.15) is 0 Å². The maximum atomic E-state index is 12.3. The second-order valence-electron chi connectivity index (χ2n) is 6.49. The van der Waals surface area contributed by atoms with E-state index in [1.54, 1.807) is 6.07 Å². The van der Waals surface area contributed by atoms with Crippen LogP contribution in [-0.4, -0.2) is 12.1 Å². The van der Waals surface area contributed by atoms with Gasteiger partial charge in [-0.3, -0.25) is 9.44 Å². The summed E-state index contributed by atoms with van der Waals surface area (Å²) in [6.07, 6.45) is 0. The van der Waals surface area contributed by atoms with E-state index >= 15 is 0 Å². The van der Waals surface area contributed by atoms with Gasteiger partial charge in [0, 0.05) is 10.6 Å². The second kappa shape index (κ2) is 10.6. The Balaban J connectivity index is 1.51. The number of amides is 4. The average Bonchev–Trinajstić information content (AvgIpc) is 2.74. The van der Waals surface area contributed by atoms with Crippen LogP contribution in [0.4, 0.5) is 21.0 Å². The van der Waals surface area contributed by atoms with Crippen molar-refractivity contribution < 1.29 is 9.59 Å². The van der Waals surface area contributed by atoms with E-state index in [-0.39, 0.29) is 12.1 Å². The Bertz CT molecular complexity index is 1010. The molecule has 154 valence electrons. The van der Waals surface area contributed by atoms with Gasteiger partial charge in [0.25, 0.3) is 0 Å². The van der Waals surface area contributed by atoms with Crippen molar-refractivity contribution in [2.45, 2.75) is 23.6 Å². The lowest BCUT2D eigenvalue weighted by Gasteiger charge is -2.12. The Morgan fingerprint density at radius 3 is 1.93 bits per heavy atom. The van der Waals surface area contributed by atoms with Gasteiger partial charge >= 0.3 is 12.1 Å². The molecule has 4 N–H and O–H groups in total. The fourth-order valence-corrected chi connectivity index (χ4v) is 3.58. The van der Waals surface area contributed by atoms with Crippen LogP contribution < -0.4 is 20.1 Å². The van der Waals surface area contributed by atoms with Crippen molar-refractivity contribution >= 4 is 47.3 Å². The molecule has 0 aliphatic carbocycles. The third-order valence-corrected chi connectivity index (χ3v) is 5.64. The van der Waals surface area contributed by atoms with Gasteiger partial charge in [0.2, 0.25) is 0 Å². The van der Waals surface area contributed by atoms with Crippen LogP contribution in [-0.2, 0) is 0 Å². The first kappa shape index (κ1) is 21.6. The Kier molecular flexibility index (Phi) is 7.64. The first-order valence-electron chi connectivity index (χ1n) is 9.19. The highest BCUT2D eigenvalue weighted by atomic mass is 32.2. The van der Waals surface area contributed by atoms with Crippen LogP contribution in [0.5, 0.6) is 0 Å². The molecule has 0 spiro atoms. The molecule has 0 bridgehead atoms. The van der Waals surface area contributed by atoms with Crippen LogP contribution in [0.2, 0.25) is 0 Å². The van der Waals surface area contributed by atoms with E-state index in [0.29, 0.717) is 16.3 Å². The summed E-state index contributed by atoms with van der Waals surface area (Å²) in [7, 11) is 0. The lowest BCUT2D eigenvalue weighted by atomic mass is 10.2. The number of aryl methyl sites for hydroxylation is 2. The zero-order valence-electron chi connectivity index (χ0n) is 16.6. The zero-order valence-corrected chi connectivity index (χ0v) is 18.2. The molecule has 0 fully saturated rings. The normalized spacial score (nSPS) is 10.2. The first-order chi connectivity index (χ1) is 14.5. The number of hydrogen-bond acceptors (Lipinski definition) is 4. The fourth-order valence-electron chi connectivity index (χ4n) is 2.41. The van der Waals surface area contributed by atoms with E-state index in [4.69, 9.17) is 0 Å². The molecule has 3 aromatic carbocycles. The molecule has 0 unspecified atom stereocenters. The van der Waals surface area contributed by atoms with E-state index in [9.17, 15) is 9.59 Å². The van der Waals surface area contributed by atoms with Gasteiger partial charge in [0.05, 0.1) is 10.6 Å². The molecule has 0 aromatic heterocycles. The Morgan fingerprint density at radius 1 is 0.667 bits per heavy atom. The molecule has 8 heteroatoms. The van der Waals surface area contributed by atoms with E-state index in [2.05, 4.69) is 20.1 Å². The number of carbonyl (C=O) groups excluding carboxylic acids is 2. The van der Waals surface area contributed by atoms with Gasteiger partial charge in [-0.1, -0.05) is 47.5 Å². The van der Waals surface area contributed by atoms with E-state index < -0.39 is 0 Å². The predicted octanol–water partition coefficient (Wildman–Crippen LogP) is 5.96. The quantitative estimate of drug-likeness (QED) is 0.358. The minimum Gasteiger partial charge on any atom is -0.307 e. The van der Waals surface area contributed by atoms with Gasteiger partial charge < -0.3 is 10.6 Å². The summed E-state index contributed by atoms with van der Waals surface area (Å²) in [4.78, 5) is 26.1. The van der Waals surface area contributed by atoms with Crippen LogP contribution in [0.15, 0.2) is 82.6 Å². The van der Waals surface area contributed by atoms with E-state index in [1.807, 2.05) is 80.6 Å². The number of para-hydroxylation sites is 1. The van der Waals surface area contributed by atoms with Gasteiger partial charge in [-0.2, -0.15) is 0 Å². The summed E-state index contributed by atoms with van der Waals surface area (Å²) in [5.74, 6) is 0. The summed E-state index contributed by atoms with van der Waals surface area (Å²) in [6.45, 7) is 4.00. The van der Waals surface area contributed by atoms with Crippen LogP contribution >= 0.6 is 23.9 Å². The summed E-state index contributed by atoms with van der Waals surface area (Å²) in [6, 6.07) is 21.9. The predicted molar refractivity (Wildman–Crippen MR) is 125 cm³/mol. The molecule has 0 heterocycles. The first-order valence-corrected chi connectivity index (χ1v) is 10.8. The summed E-state index contributed by atoms with van der Waals surface area (Å²) < 4.78 is 5.48. The number of nitrogens with one attached hydrogen (secondary N) is 4. The SMILES string of the molecule is Cc1ccc(NC(=O)NSc2ccccc2NC(=O)NSc2ccc(C)cc2)cc1. The second-order valence-corrected chi connectivity index (χ2v) is 8.22. The van der Waals surface area contributed by atoms with Gasteiger partial charge in [0.15, 0.2) is 0 Å². The van der Waals surface area contributed by atoms with E-state index in [1.165, 1.54) is 11.9 Å². The van der Waals surface area contributed by atoms with Crippen molar-refractivity contribution in [2.75, 3.05) is 10.6 Å². The Morgan fingerprint density at radius 2 is 1.23 bits per heavy atom. The minimum atomic E-state index is -0.349. The molecule has 30 heavy (non-hydrogen) atoms.